The molecule has 293 valence electrons. The SMILES string of the molecule is Cc1c(-c2ccc(CC(C)(C)C(F)(F)F)cc2)sc2c(-c3[c-]c4ccccc4c(C(C)(C)C)c3)nccc12.[2H]/C(C(=O)C(CC)CC)=C(/O)C(CC)CC.[Ir]. The maximum atomic E-state index is 13.4. The summed E-state index contributed by atoms with van der Waals surface area (Å²) in [6.07, 6.45) is 0.543. The molecule has 5 aromatic rings. The van der Waals surface area contributed by atoms with Gasteiger partial charge in [-0.25, -0.2) is 0 Å². The van der Waals surface area contributed by atoms with E-state index in [1.165, 1.54) is 24.8 Å². The van der Waals surface area contributed by atoms with E-state index in [9.17, 15) is 23.1 Å². The van der Waals surface area contributed by atoms with Gasteiger partial charge in [0.05, 0.1) is 12.5 Å². The molecule has 0 fully saturated rings. The summed E-state index contributed by atoms with van der Waals surface area (Å²) in [6.45, 7) is 19.1. The average molecular weight is 936 g/mol. The molecule has 1 N–H and O–H groups in total. The molecule has 2 aromatic heterocycles. The molecule has 0 saturated heterocycles. The molecular weight excluding hydrogens is 880 g/mol. The first-order valence-electron chi connectivity index (χ1n) is 19.2. The van der Waals surface area contributed by atoms with Crippen LogP contribution in [0, 0.1) is 30.2 Å². The fraction of sp³-hybridized carbons (Fsp3) is 0.435. The Morgan fingerprint density at radius 2 is 1.50 bits per heavy atom. The van der Waals surface area contributed by atoms with Crippen LogP contribution in [0.1, 0.15) is 106 Å². The van der Waals surface area contributed by atoms with Crippen molar-refractivity contribution in [2.24, 2.45) is 17.3 Å². The number of allylic oxidation sites excluding steroid dienone is 2. The second kappa shape index (κ2) is 18.5. The number of hydrogen-bond donors (Lipinski definition) is 1. The van der Waals surface area contributed by atoms with Crippen molar-refractivity contribution >= 4 is 38.0 Å². The Morgan fingerprint density at radius 1 is 0.907 bits per heavy atom. The zero-order chi connectivity index (χ0) is 40.2. The number of carbonyl (C=O) groups is 1. The van der Waals surface area contributed by atoms with Crippen LogP contribution in [0.4, 0.5) is 13.2 Å². The van der Waals surface area contributed by atoms with Crippen molar-refractivity contribution < 1.29 is 44.5 Å². The zero-order valence-electron chi connectivity index (χ0n) is 34.2. The van der Waals surface area contributed by atoms with Gasteiger partial charge in [-0.3, -0.25) is 9.78 Å². The van der Waals surface area contributed by atoms with E-state index in [0.29, 0.717) is 5.56 Å². The predicted molar refractivity (Wildman–Crippen MR) is 218 cm³/mol. The first-order chi connectivity index (χ1) is 25.3. The van der Waals surface area contributed by atoms with Crippen molar-refractivity contribution in [1.29, 1.82) is 0 Å². The number of aliphatic hydroxyl groups excluding tert-OH is 1. The molecule has 0 saturated carbocycles. The molecule has 2 heterocycles. The largest absolute Gasteiger partial charge is 0.512 e. The molecule has 5 rings (SSSR count). The third-order valence-electron chi connectivity index (χ3n) is 10.3. The number of halogens is 3. The summed E-state index contributed by atoms with van der Waals surface area (Å²) in [5.41, 5.74) is 4.14. The van der Waals surface area contributed by atoms with Gasteiger partial charge in [-0.2, -0.15) is 13.2 Å². The maximum absolute atomic E-state index is 13.4. The number of nitrogens with zero attached hydrogens (tertiary/aromatic N) is 1. The Morgan fingerprint density at radius 3 is 2.06 bits per heavy atom. The molecule has 3 aromatic carbocycles. The zero-order valence-corrected chi connectivity index (χ0v) is 36.4. The number of aromatic nitrogens is 1. The van der Waals surface area contributed by atoms with E-state index in [1.54, 1.807) is 11.3 Å². The van der Waals surface area contributed by atoms with Crippen LogP contribution in [-0.2, 0) is 36.7 Å². The van der Waals surface area contributed by atoms with Gasteiger partial charge >= 0.3 is 6.18 Å². The summed E-state index contributed by atoms with van der Waals surface area (Å²) in [7, 11) is 0. The molecule has 1 radical (unpaired) electrons. The fourth-order valence-electron chi connectivity index (χ4n) is 6.64. The standard InChI is InChI=1S/C33H31F3NS.C13H24O2.Ir/c1-20-25-15-16-37-28(24-17-23-9-7-8-10-26(23)27(18-24)31(2,3)4)30(25)38-29(20)22-13-11-21(12-14-22)19-32(5,6)33(34,35)36;1-5-10(6-2)12(14)9-13(15)11(7-3)8-4;/h7-16,18H,19H2,1-6H3;9-11,14H,5-8H2,1-4H3;/q-1;;/b;12-9-;/i;9D;. The van der Waals surface area contributed by atoms with Crippen LogP contribution in [-0.4, -0.2) is 22.1 Å². The van der Waals surface area contributed by atoms with Crippen molar-refractivity contribution in [3.63, 3.8) is 0 Å². The van der Waals surface area contributed by atoms with Gasteiger partial charge in [0.25, 0.3) is 0 Å². The number of thiophene rings is 1. The molecule has 0 unspecified atom stereocenters. The Labute approximate surface area is 339 Å². The summed E-state index contributed by atoms with van der Waals surface area (Å²) >= 11 is 1.68. The molecule has 0 aliphatic carbocycles. The van der Waals surface area contributed by atoms with Crippen LogP contribution in [0.25, 0.3) is 42.6 Å². The third-order valence-corrected chi connectivity index (χ3v) is 11.7. The molecule has 0 aliphatic rings. The molecule has 0 amide bonds. The summed E-state index contributed by atoms with van der Waals surface area (Å²) in [5.74, 6) is -0.411. The predicted octanol–water partition coefficient (Wildman–Crippen LogP) is 14.2. The van der Waals surface area contributed by atoms with E-state index < -0.39 is 11.6 Å². The number of ketones is 1. The monoisotopic (exact) mass is 936 g/mol. The molecule has 0 aliphatic heterocycles. The molecular formula is C46H55F3IrNO2S-. The number of aliphatic hydroxyl groups is 1. The average Bonchev–Trinajstić information content (AvgIpc) is 3.47. The van der Waals surface area contributed by atoms with E-state index in [1.807, 2.05) is 70.3 Å². The van der Waals surface area contributed by atoms with Crippen molar-refractivity contribution in [1.82, 2.24) is 4.98 Å². The van der Waals surface area contributed by atoms with E-state index in [2.05, 4.69) is 58.0 Å². The number of hydrogen-bond acceptors (Lipinski definition) is 4. The maximum Gasteiger partial charge on any atom is 0.394 e. The van der Waals surface area contributed by atoms with E-state index in [4.69, 9.17) is 6.35 Å². The van der Waals surface area contributed by atoms with Gasteiger partial charge in [0.2, 0.25) is 0 Å². The first kappa shape index (κ1) is 43.4. The van der Waals surface area contributed by atoms with E-state index >= 15 is 0 Å². The van der Waals surface area contributed by atoms with Gasteiger partial charge in [0, 0.05) is 59.5 Å². The Kier molecular flexibility index (Phi) is 14.9. The second-order valence-electron chi connectivity index (χ2n) is 15.6. The van der Waals surface area contributed by atoms with Crippen molar-refractivity contribution in [3.8, 4) is 21.7 Å². The number of carbonyl (C=O) groups excluding carboxylic acids is 1. The van der Waals surface area contributed by atoms with Crippen LogP contribution in [0.2, 0.25) is 0 Å². The van der Waals surface area contributed by atoms with E-state index in [0.717, 1.165) is 68.4 Å². The summed E-state index contributed by atoms with van der Waals surface area (Å²) < 4.78 is 49.0. The van der Waals surface area contributed by atoms with Crippen molar-refractivity contribution in [2.75, 3.05) is 0 Å². The topological polar surface area (TPSA) is 50.2 Å². The second-order valence-corrected chi connectivity index (χ2v) is 16.7. The molecule has 8 heteroatoms. The van der Waals surface area contributed by atoms with E-state index in [-0.39, 0.29) is 61.4 Å². The van der Waals surface area contributed by atoms with Crippen molar-refractivity contribution in [2.45, 2.75) is 113 Å². The van der Waals surface area contributed by atoms with Gasteiger partial charge in [-0.1, -0.05) is 116 Å². The normalized spacial score (nSPS) is 13.1. The third kappa shape index (κ3) is 10.3. The quantitative estimate of drug-likeness (QED) is 0.0816. The minimum Gasteiger partial charge on any atom is -0.512 e. The summed E-state index contributed by atoms with van der Waals surface area (Å²) in [5, 5.41) is 13.3. The number of alkyl halides is 3. The number of fused-ring (bicyclic) bond motifs is 2. The fourth-order valence-corrected chi connectivity index (χ4v) is 7.95. The molecule has 54 heavy (non-hydrogen) atoms. The minimum absolute atomic E-state index is 0. The molecule has 0 bridgehead atoms. The molecule has 0 atom stereocenters. The Bertz CT molecular complexity index is 2100. The van der Waals surface area contributed by atoms with Gasteiger partial charge in [-0.15, -0.1) is 40.5 Å². The van der Waals surface area contributed by atoms with Crippen LogP contribution in [0.15, 0.2) is 78.7 Å². The van der Waals surface area contributed by atoms with Gasteiger partial charge in [0.1, 0.15) is 0 Å². The summed E-state index contributed by atoms with van der Waals surface area (Å²) in [6, 6.07) is 23.6. The van der Waals surface area contributed by atoms with Crippen molar-refractivity contribution in [3.05, 3.63) is 101 Å². The van der Waals surface area contributed by atoms with Gasteiger partial charge < -0.3 is 5.11 Å². The van der Waals surface area contributed by atoms with Gasteiger partial charge in [0.15, 0.2) is 5.78 Å². The van der Waals surface area contributed by atoms with Crippen LogP contribution in [0.5, 0.6) is 0 Å². The number of rotatable bonds is 11. The number of benzene rings is 3. The molecule has 0 spiro atoms. The van der Waals surface area contributed by atoms with Crippen LogP contribution >= 0.6 is 11.3 Å². The number of pyridine rings is 1. The minimum atomic E-state index is -4.25. The first-order valence-corrected chi connectivity index (χ1v) is 19.5. The van der Waals surface area contributed by atoms with Crippen LogP contribution < -0.4 is 0 Å². The summed E-state index contributed by atoms with van der Waals surface area (Å²) in [4.78, 5) is 17.8. The Balaban J connectivity index is 0.000000407. The smallest absolute Gasteiger partial charge is 0.394 e. The molecule has 3 nitrogen and oxygen atoms in total. The number of aryl methyl sites for hydroxylation is 1. The van der Waals surface area contributed by atoms with Gasteiger partial charge in [-0.05, 0) is 72.6 Å². The Hall–Kier alpha value is -3.32. The van der Waals surface area contributed by atoms with Crippen LogP contribution in [0.3, 0.4) is 0 Å².